The van der Waals surface area contributed by atoms with E-state index in [0.717, 1.165) is 49.4 Å². The summed E-state index contributed by atoms with van der Waals surface area (Å²) in [6, 6.07) is 0.130. The molecule has 0 bridgehead atoms. The van der Waals surface area contributed by atoms with Crippen LogP contribution in [0, 0.1) is 17.8 Å². The number of nitrogens with zero attached hydrogens (tertiary/aromatic N) is 5. The second kappa shape index (κ2) is 13.1. The molecule has 1 saturated heterocycles. The minimum Gasteiger partial charge on any atom is -0.371 e. The molecular weight excluding hydrogens is 472 g/mol. The Hall–Kier alpha value is -3.09. The Kier molecular flexibility index (Phi) is 10.2. The molecule has 0 aromatic carbocycles. The second-order valence-electron chi connectivity index (χ2n) is 10.9. The van der Waals surface area contributed by atoms with Crippen molar-refractivity contribution in [3.63, 3.8) is 0 Å². The number of aromatic nitrogens is 3. The van der Waals surface area contributed by atoms with Crippen molar-refractivity contribution < 1.29 is 0 Å². The van der Waals surface area contributed by atoms with Gasteiger partial charge in [-0.25, -0.2) is 4.98 Å². The zero-order chi connectivity index (χ0) is 28.0. The first kappa shape index (κ1) is 29.5. The van der Waals surface area contributed by atoms with Crippen molar-refractivity contribution in [2.24, 2.45) is 22.7 Å². The summed E-state index contributed by atoms with van der Waals surface area (Å²) in [6.07, 6.45) is 13.0. The Balaban J connectivity index is 2.08. The number of hydrogen-bond donors (Lipinski definition) is 1. The quantitative estimate of drug-likeness (QED) is 0.251. The number of likely N-dealkylation sites (tertiary alicyclic amines) is 1. The van der Waals surface area contributed by atoms with Gasteiger partial charge in [0.2, 0.25) is 0 Å². The van der Waals surface area contributed by atoms with Crippen molar-refractivity contribution in [1.82, 2.24) is 19.0 Å². The molecule has 0 saturated carbocycles. The molecule has 0 aliphatic carbocycles. The molecule has 0 spiro atoms. The van der Waals surface area contributed by atoms with Crippen LogP contribution >= 0.6 is 0 Å². The van der Waals surface area contributed by atoms with Crippen molar-refractivity contribution in [3.05, 3.63) is 59.1 Å². The van der Waals surface area contributed by atoms with Crippen LogP contribution in [-0.2, 0) is 6.54 Å². The number of allylic oxidation sites excluding steroid dienone is 4. The monoisotopic (exact) mass is 520 g/mol. The summed E-state index contributed by atoms with van der Waals surface area (Å²) in [5.41, 5.74) is 5.46. The normalized spacial score (nSPS) is 20.0. The number of hydrogen-bond acceptors (Lipinski definition) is 5. The van der Waals surface area contributed by atoms with Crippen LogP contribution in [0.1, 0.15) is 73.8 Å². The lowest BCUT2D eigenvalue weighted by atomic mass is 9.98. The van der Waals surface area contributed by atoms with Gasteiger partial charge in [-0.05, 0) is 56.9 Å². The van der Waals surface area contributed by atoms with Crippen LogP contribution in [0.25, 0.3) is 11.0 Å². The van der Waals surface area contributed by atoms with Crippen LogP contribution in [0.4, 0.5) is 5.69 Å². The number of anilines is 1. The Bertz CT molecular complexity index is 1260. The summed E-state index contributed by atoms with van der Waals surface area (Å²) in [5, 5.41) is 3.66. The van der Waals surface area contributed by atoms with E-state index in [1.54, 1.807) is 6.33 Å². The number of fused-ring (bicyclic) bond motifs is 1. The molecule has 0 amide bonds. The molecule has 208 valence electrons. The van der Waals surface area contributed by atoms with Crippen LogP contribution in [0.5, 0.6) is 0 Å². The molecule has 3 heterocycles. The number of pyridine rings is 1. The van der Waals surface area contributed by atoms with Crippen molar-refractivity contribution >= 4 is 22.4 Å². The van der Waals surface area contributed by atoms with Gasteiger partial charge in [-0.1, -0.05) is 53.3 Å². The van der Waals surface area contributed by atoms with Crippen molar-refractivity contribution in [3.8, 4) is 0 Å². The predicted octanol–water partition coefficient (Wildman–Crippen LogP) is 6.65. The zero-order valence-electron chi connectivity index (χ0n) is 24.8. The van der Waals surface area contributed by atoms with E-state index in [1.807, 2.05) is 28.5 Å². The van der Waals surface area contributed by atoms with Crippen LogP contribution in [0.15, 0.2) is 58.5 Å². The number of aliphatic imine (C=N–C) groups is 1. The van der Waals surface area contributed by atoms with E-state index >= 15 is 0 Å². The molecular formula is C31H48N6O. The van der Waals surface area contributed by atoms with Crippen LogP contribution in [-0.4, -0.2) is 44.9 Å². The minimum absolute atomic E-state index is 0.0165. The lowest BCUT2D eigenvalue weighted by molar-refractivity contribution is 0.375. The molecule has 3 unspecified atom stereocenters. The van der Waals surface area contributed by atoms with Gasteiger partial charge in [0.25, 0.3) is 5.56 Å². The first-order valence-electron chi connectivity index (χ1n) is 14.3. The van der Waals surface area contributed by atoms with Crippen LogP contribution in [0.3, 0.4) is 0 Å². The average Bonchev–Trinajstić information content (AvgIpc) is 3.50. The Morgan fingerprint density at radius 1 is 1.21 bits per heavy atom. The average molecular weight is 521 g/mol. The fourth-order valence-corrected chi connectivity index (χ4v) is 5.45. The maximum atomic E-state index is 13.9. The molecule has 1 N–H and O–H groups in total. The Morgan fingerprint density at radius 2 is 1.92 bits per heavy atom. The summed E-state index contributed by atoms with van der Waals surface area (Å²) < 4.78 is 3.90. The molecule has 1 fully saturated rings. The highest BCUT2D eigenvalue weighted by atomic mass is 16.1. The summed E-state index contributed by atoms with van der Waals surface area (Å²) in [4.78, 5) is 25.6. The van der Waals surface area contributed by atoms with Gasteiger partial charge in [-0.15, -0.1) is 0 Å². The smallest absolute Gasteiger partial charge is 0.276 e. The van der Waals surface area contributed by atoms with Gasteiger partial charge >= 0.3 is 0 Å². The number of imidazole rings is 1. The van der Waals surface area contributed by atoms with Gasteiger partial charge < -0.3 is 19.4 Å². The van der Waals surface area contributed by atoms with E-state index in [-0.39, 0.29) is 11.6 Å². The molecule has 3 atom stereocenters. The standard InChI is InChI=1S/C31H48N6O/c1-10-14-25(13-4)35-16-23(8)24(17-35)18-36-19-27(29-30(31(36)38)37(20-33-29)21(5)6)34-26(15-11-2)28(32-9)22(7)12-3/h13-15,19-24,34H,4,10-12,16-18H2,1-3,5-9H3/b25-14-,26-15+,32-28?. The fraction of sp³-hybridized carbons (Fsp3) is 0.581. The molecule has 7 heteroatoms. The van der Waals surface area contributed by atoms with Gasteiger partial charge in [0.1, 0.15) is 11.0 Å². The predicted molar refractivity (Wildman–Crippen MR) is 162 cm³/mol. The second-order valence-corrected chi connectivity index (χ2v) is 10.9. The van der Waals surface area contributed by atoms with Crippen molar-refractivity contribution in [1.29, 1.82) is 0 Å². The summed E-state index contributed by atoms with van der Waals surface area (Å²) in [7, 11) is 1.86. The van der Waals surface area contributed by atoms with Crippen LogP contribution < -0.4 is 10.9 Å². The molecule has 2 aromatic heterocycles. The van der Waals surface area contributed by atoms with E-state index in [1.165, 1.54) is 5.70 Å². The van der Waals surface area contributed by atoms with Gasteiger partial charge in [-0.2, -0.15) is 0 Å². The fourth-order valence-electron chi connectivity index (χ4n) is 5.45. The SMILES string of the molecule is C=C/C(=C/CC)N1CC(C)C(Cn2cc(N/C(=C/CC)C(=NC)C(C)CC)c3ncn(C(C)C)c3c2=O)C1. The first-order valence-corrected chi connectivity index (χ1v) is 14.3. The third-order valence-electron chi connectivity index (χ3n) is 7.81. The first-order chi connectivity index (χ1) is 18.2. The highest BCUT2D eigenvalue weighted by Gasteiger charge is 2.31. The maximum Gasteiger partial charge on any atom is 0.276 e. The van der Waals surface area contributed by atoms with E-state index in [9.17, 15) is 4.79 Å². The lowest BCUT2D eigenvalue weighted by Gasteiger charge is -2.22. The van der Waals surface area contributed by atoms with Crippen molar-refractivity contribution in [2.75, 3.05) is 25.5 Å². The van der Waals surface area contributed by atoms with Crippen LogP contribution in [0.2, 0.25) is 0 Å². The topological polar surface area (TPSA) is 67.5 Å². The van der Waals surface area contributed by atoms with Gasteiger partial charge in [-0.3, -0.25) is 9.79 Å². The molecule has 0 radical (unpaired) electrons. The lowest BCUT2D eigenvalue weighted by Crippen LogP contribution is -2.29. The van der Waals surface area contributed by atoms with Crippen molar-refractivity contribution in [2.45, 2.75) is 80.3 Å². The van der Waals surface area contributed by atoms with Gasteiger partial charge in [0, 0.05) is 44.6 Å². The number of rotatable bonds is 12. The highest BCUT2D eigenvalue weighted by Crippen LogP contribution is 2.30. The molecule has 38 heavy (non-hydrogen) atoms. The molecule has 1 aliphatic rings. The maximum absolute atomic E-state index is 13.9. The third-order valence-corrected chi connectivity index (χ3v) is 7.81. The summed E-state index contributed by atoms with van der Waals surface area (Å²) in [6.45, 7) is 21.7. The molecule has 3 rings (SSSR count). The van der Waals surface area contributed by atoms with E-state index < -0.39 is 0 Å². The molecule has 1 aliphatic heterocycles. The summed E-state index contributed by atoms with van der Waals surface area (Å²) >= 11 is 0. The minimum atomic E-state index is 0.0165. The highest BCUT2D eigenvalue weighted by molar-refractivity contribution is 6.05. The zero-order valence-corrected chi connectivity index (χ0v) is 24.8. The third kappa shape index (κ3) is 6.13. The molecule has 7 nitrogen and oxygen atoms in total. The Morgan fingerprint density at radius 3 is 2.50 bits per heavy atom. The van der Waals surface area contributed by atoms with E-state index in [2.05, 4.69) is 82.4 Å². The van der Waals surface area contributed by atoms with E-state index in [4.69, 9.17) is 4.98 Å². The number of nitrogens with one attached hydrogen (secondary N) is 1. The largest absolute Gasteiger partial charge is 0.371 e. The van der Waals surface area contributed by atoms with Gasteiger partial charge in [0.05, 0.1) is 23.4 Å². The van der Waals surface area contributed by atoms with Gasteiger partial charge in [0.15, 0.2) is 0 Å². The van der Waals surface area contributed by atoms with E-state index in [0.29, 0.717) is 35.3 Å². The molecule has 2 aromatic rings. The Labute approximate surface area is 229 Å². The summed E-state index contributed by atoms with van der Waals surface area (Å²) in [5.74, 6) is 1.14.